The van der Waals surface area contributed by atoms with Crippen LogP contribution in [0.25, 0.3) is 0 Å². The number of hydrogen-bond acceptors (Lipinski definition) is 3. The summed E-state index contributed by atoms with van der Waals surface area (Å²) in [5, 5.41) is 0.278. The zero-order valence-electron chi connectivity index (χ0n) is 11.7. The Morgan fingerprint density at radius 2 is 1.79 bits per heavy atom. The number of halogens is 1. The van der Waals surface area contributed by atoms with Gasteiger partial charge in [0, 0.05) is 19.5 Å². The molecule has 2 saturated carbocycles. The number of ketones is 2. The first-order valence-corrected chi connectivity index (χ1v) is 7.22. The van der Waals surface area contributed by atoms with Crippen molar-refractivity contribution < 1.29 is 9.59 Å². The third-order valence-electron chi connectivity index (χ3n) is 4.49. The van der Waals surface area contributed by atoms with Crippen LogP contribution >= 0.6 is 11.6 Å². The van der Waals surface area contributed by atoms with Crippen molar-refractivity contribution >= 4 is 28.9 Å². The number of nitrogens with zero attached hydrogens (tertiary/aromatic N) is 1. The molecule has 0 aromatic rings. The minimum absolute atomic E-state index is 0.0232. The average Bonchev–Trinajstić information content (AvgIpc) is 2.91. The molecule has 2 aliphatic carbocycles. The monoisotopic (exact) mass is 281 g/mol. The van der Waals surface area contributed by atoms with Gasteiger partial charge in [-0.15, -0.1) is 0 Å². The molecule has 0 aromatic carbocycles. The number of carbonyl (C=O) groups is 2. The van der Waals surface area contributed by atoms with Crippen molar-refractivity contribution in [3.05, 3.63) is 10.6 Å². The van der Waals surface area contributed by atoms with Gasteiger partial charge in [0.1, 0.15) is 5.71 Å². The molecule has 0 aliphatic heterocycles. The van der Waals surface area contributed by atoms with Gasteiger partial charge in [0.15, 0.2) is 11.6 Å². The first-order valence-electron chi connectivity index (χ1n) is 6.84. The average molecular weight is 282 g/mol. The highest BCUT2D eigenvalue weighted by Gasteiger charge is 2.43. The van der Waals surface area contributed by atoms with Gasteiger partial charge in [-0.2, -0.15) is 0 Å². The van der Waals surface area contributed by atoms with Crippen molar-refractivity contribution in [3.63, 3.8) is 0 Å². The van der Waals surface area contributed by atoms with Crippen LogP contribution in [0.1, 0.15) is 39.5 Å². The zero-order valence-corrected chi connectivity index (χ0v) is 12.5. The number of fused-ring (bicyclic) bond motifs is 2. The van der Waals surface area contributed by atoms with E-state index in [2.05, 4.69) is 4.99 Å². The Morgan fingerprint density at radius 1 is 1.11 bits per heavy atom. The maximum Gasteiger partial charge on any atom is 0.179 e. The highest BCUT2D eigenvalue weighted by Crippen LogP contribution is 2.51. The summed E-state index contributed by atoms with van der Waals surface area (Å²) in [6.45, 7) is 2.97. The molecule has 3 unspecified atom stereocenters. The van der Waals surface area contributed by atoms with E-state index in [0.29, 0.717) is 11.5 Å². The van der Waals surface area contributed by atoms with E-state index in [0.717, 1.165) is 12.3 Å². The lowest BCUT2D eigenvalue weighted by molar-refractivity contribution is -0.114. The third kappa shape index (κ3) is 2.66. The molecule has 4 heteroatoms. The summed E-state index contributed by atoms with van der Waals surface area (Å²) < 4.78 is 0. The molecule has 0 heterocycles. The van der Waals surface area contributed by atoms with Crippen molar-refractivity contribution in [2.24, 2.45) is 22.7 Å². The van der Waals surface area contributed by atoms with Gasteiger partial charge in [0.25, 0.3) is 0 Å². The minimum atomic E-state index is -0.186. The maximum absolute atomic E-state index is 12.0. The molecule has 0 amide bonds. The van der Waals surface area contributed by atoms with Gasteiger partial charge in [-0.1, -0.05) is 18.0 Å². The summed E-state index contributed by atoms with van der Waals surface area (Å²) in [7, 11) is 1.54. The fourth-order valence-corrected chi connectivity index (χ4v) is 4.21. The number of hydrogen-bond donors (Lipinski definition) is 0. The Balaban J connectivity index is 2.40. The van der Waals surface area contributed by atoms with Gasteiger partial charge >= 0.3 is 0 Å². The van der Waals surface area contributed by atoms with Gasteiger partial charge in [-0.3, -0.25) is 14.6 Å². The molecule has 0 radical (unpaired) electrons. The number of aliphatic imine (C=N–C) groups is 1. The van der Waals surface area contributed by atoms with Crippen molar-refractivity contribution in [1.82, 2.24) is 0 Å². The fraction of sp³-hybridized carbons (Fsp3) is 0.667. The van der Waals surface area contributed by atoms with Crippen molar-refractivity contribution in [1.29, 1.82) is 0 Å². The molecule has 0 saturated heterocycles. The molecule has 2 aliphatic rings. The number of carbonyl (C=O) groups excluding carboxylic acids is 2. The minimum Gasteiger partial charge on any atom is -0.295 e. The summed E-state index contributed by atoms with van der Waals surface area (Å²) in [6, 6.07) is 0. The van der Waals surface area contributed by atoms with E-state index in [9.17, 15) is 9.59 Å². The number of allylic oxidation sites excluding steroid dienone is 2. The van der Waals surface area contributed by atoms with Crippen molar-refractivity contribution in [3.8, 4) is 0 Å². The van der Waals surface area contributed by atoms with E-state index >= 15 is 0 Å². The van der Waals surface area contributed by atoms with E-state index in [1.165, 1.54) is 40.2 Å². The second-order valence-corrected chi connectivity index (χ2v) is 6.07. The van der Waals surface area contributed by atoms with Crippen molar-refractivity contribution in [2.45, 2.75) is 39.5 Å². The van der Waals surface area contributed by atoms with Crippen LogP contribution in [0.2, 0.25) is 0 Å². The van der Waals surface area contributed by atoms with Crippen LogP contribution in [0.15, 0.2) is 15.6 Å². The van der Waals surface area contributed by atoms with E-state index in [4.69, 9.17) is 11.6 Å². The summed E-state index contributed by atoms with van der Waals surface area (Å²) >= 11 is 6.33. The number of rotatable bonds is 4. The fourth-order valence-electron chi connectivity index (χ4n) is 3.71. The largest absolute Gasteiger partial charge is 0.295 e. The molecule has 3 atom stereocenters. The molecule has 0 N–H and O–H groups in total. The predicted molar refractivity (Wildman–Crippen MR) is 76.5 cm³/mol. The Labute approximate surface area is 119 Å². The molecule has 0 aromatic heterocycles. The second-order valence-electron chi connectivity index (χ2n) is 5.69. The molecule has 2 fully saturated rings. The summed E-state index contributed by atoms with van der Waals surface area (Å²) in [6.07, 6.45) is 4.68. The van der Waals surface area contributed by atoms with Crippen molar-refractivity contribution in [2.75, 3.05) is 7.05 Å². The van der Waals surface area contributed by atoms with Crippen LogP contribution in [-0.2, 0) is 9.59 Å². The predicted octanol–water partition coefficient (Wildman–Crippen LogP) is 3.16. The highest BCUT2D eigenvalue weighted by molar-refractivity contribution is 6.60. The Hall–Kier alpha value is -0.960. The topological polar surface area (TPSA) is 46.5 Å². The summed E-state index contributed by atoms with van der Waals surface area (Å²) in [5.41, 5.74) is 0.860. The van der Waals surface area contributed by atoms with Crippen LogP contribution in [-0.4, -0.2) is 24.3 Å². The molecule has 3 nitrogen and oxygen atoms in total. The van der Waals surface area contributed by atoms with E-state index in [1.807, 2.05) is 0 Å². The molecule has 104 valence electrons. The number of Topliss-reactive ketones (excluding diaryl/α,β-unsaturated/α-hetero) is 2. The normalized spacial score (nSPS) is 31.4. The Kier molecular flexibility index (Phi) is 4.24. The maximum atomic E-state index is 12.0. The molecular formula is C15H20ClNO2. The molecule has 0 spiro atoms. The van der Waals surface area contributed by atoms with Crippen LogP contribution in [0.5, 0.6) is 0 Å². The first-order chi connectivity index (χ1) is 8.95. The molecule has 2 bridgehead atoms. The van der Waals surface area contributed by atoms with Crippen LogP contribution in [0.4, 0.5) is 0 Å². The summed E-state index contributed by atoms with van der Waals surface area (Å²) in [4.78, 5) is 27.5. The Morgan fingerprint density at radius 3 is 2.16 bits per heavy atom. The van der Waals surface area contributed by atoms with E-state index < -0.39 is 0 Å². The van der Waals surface area contributed by atoms with Gasteiger partial charge in [0.05, 0.1) is 5.03 Å². The van der Waals surface area contributed by atoms with E-state index in [1.54, 1.807) is 0 Å². The highest BCUT2D eigenvalue weighted by atomic mass is 35.5. The SMILES string of the molecule is C/N=C(C(C)=O)\C(Cl)=C(/C(C)=O)C1CC2CCC1C2. The van der Waals surface area contributed by atoms with Crippen LogP contribution < -0.4 is 0 Å². The molecular weight excluding hydrogens is 262 g/mol. The smallest absolute Gasteiger partial charge is 0.179 e. The standard InChI is InChI=1S/C15H20ClNO2/c1-8(18)13(14(16)15(17-3)9(2)19)12-7-10-4-5-11(12)6-10/h10-12H,4-7H2,1-3H3/b14-13-,17-15-. The van der Waals surface area contributed by atoms with Crippen LogP contribution in [0.3, 0.4) is 0 Å². The van der Waals surface area contributed by atoms with Gasteiger partial charge in [0.2, 0.25) is 0 Å². The third-order valence-corrected chi connectivity index (χ3v) is 4.87. The van der Waals surface area contributed by atoms with Crippen LogP contribution in [0, 0.1) is 17.8 Å². The Bertz CT molecular complexity index is 479. The van der Waals surface area contributed by atoms with Gasteiger partial charge in [-0.25, -0.2) is 0 Å². The lowest BCUT2D eigenvalue weighted by atomic mass is 9.81. The lowest BCUT2D eigenvalue weighted by Crippen LogP contribution is -2.22. The first kappa shape index (κ1) is 14.4. The lowest BCUT2D eigenvalue weighted by Gasteiger charge is -2.24. The summed E-state index contributed by atoms with van der Waals surface area (Å²) in [5.74, 6) is 1.30. The quantitative estimate of drug-likeness (QED) is 0.587. The molecule has 2 rings (SSSR count). The van der Waals surface area contributed by atoms with Gasteiger partial charge in [-0.05, 0) is 43.9 Å². The van der Waals surface area contributed by atoms with E-state index in [-0.39, 0.29) is 28.2 Å². The zero-order chi connectivity index (χ0) is 14.2. The van der Waals surface area contributed by atoms with Gasteiger partial charge < -0.3 is 0 Å². The second kappa shape index (κ2) is 5.58. The molecule has 19 heavy (non-hydrogen) atoms.